The number of hydrogen-bond acceptors (Lipinski definition) is 7. The number of carboxylic acids is 1. The second-order valence-corrected chi connectivity index (χ2v) is 8.47. The van der Waals surface area contributed by atoms with E-state index in [0.29, 0.717) is 18.1 Å². The standard InChI is InChI=1S/C23H23ClN6O5/c24-17-4-1-3-16(11-17)15-7-5-14(6-8-15)12-30(13-18(31)23(34)35)28-21(32)19-25-20(27-26-19)22(33)29-9-2-10-29/h1,3-8,11,18,31H,2,9-10,12-13H2,(H,28,32)(H,34,35)(H,25,26,27). The van der Waals surface area contributed by atoms with Crippen LogP contribution in [0.3, 0.4) is 0 Å². The first-order valence-electron chi connectivity index (χ1n) is 10.8. The van der Waals surface area contributed by atoms with Gasteiger partial charge in [-0.05, 0) is 35.2 Å². The third-order valence-corrected chi connectivity index (χ3v) is 5.69. The van der Waals surface area contributed by atoms with Crippen molar-refractivity contribution in [2.24, 2.45) is 0 Å². The van der Waals surface area contributed by atoms with Crippen molar-refractivity contribution in [1.82, 2.24) is 30.5 Å². The first-order chi connectivity index (χ1) is 16.8. The van der Waals surface area contributed by atoms with Crippen molar-refractivity contribution in [3.8, 4) is 11.1 Å². The van der Waals surface area contributed by atoms with Gasteiger partial charge < -0.3 is 15.1 Å². The Morgan fingerprint density at radius 1 is 1.14 bits per heavy atom. The smallest absolute Gasteiger partial charge is 0.333 e. The summed E-state index contributed by atoms with van der Waals surface area (Å²) in [6.45, 7) is 0.951. The average molecular weight is 499 g/mol. The molecule has 0 aliphatic carbocycles. The maximum absolute atomic E-state index is 12.7. The Kier molecular flexibility index (Phi) is 7.39. The van der Waals surface area contributed by atoms with Crippen molar-refractivity contribution >= 4 is 29.4 Å². The van der Waals surface area contributed by atoms with Crippen LogP contribution in [0.25, 0.3) is 11.1 Å². The number of hydrazine groups is 1. The molecule has 1 aromatic heterocycles. The van der Waals surface area contributed by atoms with Crippen LogP contribution < -0.4 is 5.43 Å². The summed E-state index contributed by atoms with van der Waals surface area (Å²) in [6.07, 6.45) is -0.828. The van der Waals surface area contributed by atoms with Crippen LogP contribution in [0.2, 0.25) is 5.02 Å². The fourth-order valence-corrected chi connectivity index (χ4v) is 3.64. The minimum absolute atomic E-state index is 0.0522. The van der Waals surface area contributed by atoms with Crippen molar-refractivity contribution in [2.75, 3.05) is 19.6 Å². The molecule has 1 saturated heterocycles. The van der Waals surface area contributed by atoms with Crippen molar-refractivity contribution in [3.05, 3.63) is 70.8 Å². The summed E-state index contributed by atoms with van der Waals surface area (Å²) < 4.78 is 0. The lowest BCUT2D eigenvalue weighted by Gasteiger charge is -2.29. The number of aromatic amines is 1. The number of rotatable bonds is 9. The highest BCUT2D eigenvalue weighted by Crippen LogP contribution is 2.23. The van der Waals surface area contributed by atoms with Gasteiger partial charge in [0.2, 0.25) is 11.6 Å². The minimum Gasteiger partial charge on any atom is -0.479 e. The predicted octanol–water partition coefficient (Wildman–Crippen LogP) is 1.56. The largest absolute Gasteiger partial charge is 0.479 e. The summed E-state index contributed by atoms with van der Waals surface area (Å²) in [5.74, 6) is -2.86. The molecule has 4 N–H and O–H groups in total. The van der Waals surface area contributed by atoms with Gasteiger partial charge in [0.1, 0.15) is 0 Å². The lowest BCUT2D eigenvalue weighted by Crippen LogP contribution is -2.47. The molecule has 1 fully saturated rings. The lowest BCUT2D eigenvalue weighted by atomic mass is 10.0. The molecule has 11 nitrogen and oxygen atoms in total. The molecule has 0 radical (unpaired) electrons. The van der Waals surface area contributed by atoms with Gasteiger partial charge in [-0.15, -0.1) is 5.10 Å². The number of likely N-dealkylation sites (tertiary alicyclic amines) is 1. The number of carboxylic acid groups (broad SMARTS) is 1. The number of hydrogen-bond donors (Lipinski definition) is 4. The first kappa shape index (κ1) is 24.3. The van der Waals surface area contributed by atoms with Crippen LogP contribution in [0.5, 0.6) is 0 Å². The van der Waals surface area contributed by atoms with Gasteiger partial charge in [0.05, 0.1) is 6.54 Å². The van der Waals surface area contributed by atoms with E-state index in [1.807, 2.05) is 42.5 Å². The maximum Gasteiger partial charge on any atom is 0.333 e. The Labute approximate surface area is 205 Å². The number of aromatic nitrogens is 3. The van der Waals surface area contributed by atoms with Gasteiger partial charge in [-0.25, -0.2) is 9.80 Å². The van der Waals surface area contributed by atoms with Crippen molar-refractivity contribution in [2.45, 2.75) is 19.1 Å². The van der Waals surface area contributed by atoms with Gasteiger partial charge in [-0.1, -0.05) is 48.0 Å². The number of benzene rings is 2. The van der Waals surface area contributed by atoms with Gasteiger partial charge in [0, 0.05) is 24.7 Å². The number of aliphatic hydroxyl groups is 1. The van der Waals surface area contributed by atoms with Crippen LogP contribution in [-0.4, -0.2) is 78.8 Å². The number of amides is 2. The number of halogens is 1. The molecule has 182 valence electrons. The van der Waals surface area contributed by atoms with Gasteiger partial charge in [0.25, 0.3) is 5.91 Å². The van der Waals surface area contributed by atoms with Crippen molar-refractivity contribution < 1.29 is 24.6 Å². The van der Waals surface area contributed by atoms with Crippen LogP contribution in [0.4, 0.5) is 0 Å². The van der Waals surface area contributed by atoms with E-state index in [0.717, 1.165) is 23.1 Å². The van der Waals surface area contributed by atoms with Crippen LogP contribution in [0.15, 0.2) is 48.5 Å². The molecule has 0 saturated carbocycles. The zero-order chi connectivity index (χ0) is 24.9. The van der Waals surface area contributed by atoms with Crippen molar-refractivity contribution in [3.63, 3.8) is 0 Å². The Morgan fingerprint density at radius 3 is 2.51 bits per heavy atom. The topological polar surface area (TPSA) is 152 Å². The molecule has 1 aliphatic heterocycles. The number of carbonyl (C=O) groups excluding carboxylic acids is 2. The summed E-state index contributed by atoms with van der Waals surface area (Å²) in [6, 6.07) is 14.8. The lowest BCUT2D eigenvalue weighted by molar-refractivity contribution is -0.148. The van der Waals surface area contributed by atoms with Gasteiger partial charge in [-0.2, -0.15) is 4.98 Å². The zero-order valence-corrected chi connectivity index (χ0v) is 19.3. The molecule has 2 amide bonds. The predicted molar refractivity (Wildman–Crippen MR) is 125 cm³/mol. The molecule has 1 atom stereocenters. The van der Waals surface area contributed by atoms with E-state index >= 15 is 0 Å². The van der Waals surface area contributed by atoms with Gasteiger partial charge in [0.15, 0.2) is 6.10 Å². The maximum atomic E-state index is 12.7. The number of carbonyl (C=O) groups is 3. The Hall–Kier alpha value is -3.80. The highest BCUT2D eigenvalue weighted by Gasteiger charge is 2.27. The van der Waals surface area contributed by atoms with Crippen LogP contribution in [-0.2, 0) is 11.3 Å². The summed E-state index contributed by atoms with van der Waals surface area (Å²) in [4.78, 5) is 41.6. The molecule has 2 heterocycles. The molecule has 0 spiro atoms. The van der Waals surface area contributed by atoms with Crippen LogP contribution in [0, 0.1) is 0 Å². The van der Waals surface area contributed by atoms with Gasteiger partial charge in [-0.3, -0.25) is 20.1 Å². The van der Waals surface area contributed by atoms with E-state index in [1.165, 1.54) is 5.01 Å². The third kappa shape index (κ3) is 6.01. The zero-order valence-electron chi connectivity index (χ0n) is 18.5. The molecule has 35 heavy (non-hydrogen) atoms. The number of H-pyrrole nitrogens is 1. The second kappa shape index (κ2) is 10.6. The van der Waals surface area contributed by atoms with E-state index in [-0.39, 0.29) is 30.6 Å². The third-order valence-electron chi connectivity index (χ3n) is 5.46. The highest BCUT2D eigenvalue weighted by molar-refractivity contribution is 6.30. The molecular weight excluding hydrogens is 476 g/mol. The Balaban J connectivity index is 1.46. The summed E-state index contributed by atoms with van der Waals surface area (Å²) >= 11 is 6.06. The SMILES string of the molecule is O=C(NN(Cc1ccc(-c2cccc(Cl)c2)cc1)CC(O)C(=O)O)c1n[nH]c(C(=O)N2CCC2)n1. The van der Waals surface area contributed by atoms with Crippen LogP contribution in [0.1, 0.15) is 33.2 Å². The second-order valence-electron chi connectivity index (χ2n) is 8.04. The quantitative estimate of drug-likeness (QED) is 0.324. The normalized spacial score (nSPS) is 13.9. The molecular formula is C23H23ClN6O5. The van der Waals surface area contributed by atoms with Crippen molar-refractivity contribution in [1.29, 1.82) is 0 Å². The molecule has 12 heteroatoms. The summed E-state index contributed by atoms with van der Waals surface area (Å²) in [5.41, 5.74) is 5.12. The number of nitrogens with one attached hydrogen (secondary N) is 2. The molecule has 3 aromatic rings. The minimum atomic E-state index is -1.74. The highest BCUT2D eigenvalue weighted by atomic mass is 35.5. The fraction of sp³-hybridized carbons (Fsp3) is 0.261. The molecule has 1 aliphatic rings. The van der Waals surface area contributed by atoms with E-state index in [9.17, 15) is 19.5 Å². The number of aliphatic hydroxyl groups excluding tert-OH is 1. The number of nitrogens with zero attached hydrogens (tertiary/aromatic N) is 4. The van der Waals surface area contributed by atoms with E-state index in [2.05, 4.69) is 20.6 Å². The average Bonchev–Trinajstić information content (AvgIpc) is 3.29. The molecule has 4 rings (SSSR count). The molecule has 2 aromatic carbocycles. The Bertz CT molecular complexity index is 1230. The monoisotopic (exact) mass is 498 g/mol. The van der Waals surface area contributed by atoms with E-state index in [1.54, 1.807) is 11.0 Å². The van der Waals surface area contributed by atoms with E-state index in [4.69, 9.17) is 16.7 Å². The number of aliphatic carboxylic acids is 1. The Morgan fingerprint density at radius 2 is 1.89 bits per heavy atom. The summed E-state index contributed by atoms with van der Waals surface area (Å²) in [7, 11) is 0. The molecule has 1 unspecified atom stereocenters. The van der Waals surface area contributed by atoms with Gasteiger partial charge >= 0.3 is 11.9 Å². The van der Waals surface area contributed by atoms with Crippen LogP contribution >= 0.6 is 11.6 Å². The fourth-order valence-electron chi connectivity index (χ4n) is 3.45. The summed E-state index contributed by atoms with van der Waals surface area (Å²) in [5, 5.41) is 27.1. The molecule has 0 bridgehead atoms. The first-order valence-corrected chi connectivity index (χ1v) is 11.2. The van der Waals surface area contributed by atoms with E-state index < -0.39 is 18.0 Å².